The van der Waals surface area contributed by atoms with E-state index in [1.54, 1.807) is 0 Å². The van der Waals surface area contributed by atoms with E-state index in [-0.39, 0.29) is 0 Å². The maximum atomic E-state index is 5.62. The van der Waals surface area contributed by atoms with E-state index < -0.39 is 0 Å². The van der Waals surface area contributed by atoms with Crippen LogP contribution in [0.15, 0.2) is 22.7 Å². The molecule has 1 fully saturated rings. The van der Waals surface area contributed by atoms with E-state index in [1.807, 2.05) is 18.2 Å². The Labute approximate surface area is 129 Å². The van der Waals surface area contributed by atoms with Crippen LogP contribution >= 0.6 is 28.1 Å². The summed E-state index contributed by atoms with van der Waals surface area (Å²) in [5.74, 6) is 0.913. The van der Waals surface area contributed by atoms with Gasteiger partial charge in [-0.05, 0) is 46.5 Å². The molecule has 0 spiro atoms. The Morgan fingerprint density at radius 1 is 1.32 bits per heavy atom. The molecule has 0 aliphatic heterocycles. The standard InChI is InChI=1S/C15H21BrN2S/c16-13-10-12(15(17)19)6-7-14(13)18-9-8-11-4-2-1-3-5-11/h6-7,10-11,18H,1-5,8-9H2,(H2,17,19). The van der Waals surface area contributed by atoms with Crippen LogP contribution < -0.4 is 11.1 Å². The lowest BCUT2D eigenvalue weighted by molar-refractivity contribution is 0.345. The maximum absolute atomic E-state index is 5.62. The lowest BCUT2D eigenvalue weighted by Gasteiger charge is -2.21. The summed E-state index contributed by atoms with van der Waals surface area (Å²) < 4.78 is 1.03. The summed E-state index contributed by atoms with van der Waals surface area (Å²) in [6.07, 6.45) is 8.33. The quantitative estimate of drug-likeness (QED) is 0.776. The second-order valence-corrected chi connectivity index (χ2v) is 6.57. The molecule has 0 saturated heterocycles. The zero-order valence-electron chi connectivity index (χ0n) is 11.1. The number of rotatable bonds is 5. The van der Waals surface area contributed by atoms with Crippen LogP contribution in [0, 0.1) is 5.92 Å². The molecule has 1 aliphatic rings. The lowest BCUT2D eigenvalue weighted by Crippen LogP contribution is -2.13. The Bertz CT molecular complexity index is 442. The molecule has 1 saturated carbocycles. The topological polar surface area (TPSA) is 38.0 Å². The van der Waals surface area contributed by atoms with Gasteiger partial charge in [0.05, 0.1) is 0 Å². The highest BCUT2D eigenvalue weighted by molar-refractivity contribution is 9.10. The van der Waals surface area contributed by atoms with Crippen molar-refractivity contribution >= 4 is 38.8 Å². The number of nitrogens with two attached hydrogens (primary N) is 1. The molecule has 1 aromatic carbocycles. The minimum absolute atomic E-state index is 0.439. The van der Waals surface area contributed by atoms with E-state index in [9.17, 15) is 0 Å². The molecule has 0 unspecified atom stereocenters. The molecular weight excluding hydrogens is 320 g/mol. The zero-order valence-corrected chi connectivity index (χ0v) is 13.5. The minimum atomic E-state index is 0.439. The molecule has 0 atom stereocenters. The Kier molecular flexibility index (Phi) is 5.64. The number of anilines is 1. The summed E-state index contributed by atoms with van der Waals surface area (Å²) in [4.78, 5) is 0.439. The van der Waals surface area contributed by atoms with E-state index in [4.69, 9.17) is 18.0 Å². The van der Waals surface area contributed by atoms with Crippen LogP contribution in [0.2, 0.25) is 0 Å². The summed E-state index contributed by atoms with van der Waals surface area (Å²) in [6, 6.07) is 5.99. The molecule has 4 heteroatoms. The first-order chi connectivity index (χ1) is 9.16. The van der Waals surface area contributed by atoms with Gasteiger partial charge in [-0.15, -0.1) is 0 Å². The SMILES string of the molecule is NC(=S)c1ccc(NCCC2CCCCC2)c(Br)c1. The van der Waals surface area contributed by atoms with Crippen LogP contribution in [-0.4, -0.2) is 11.5 Å². The first kappa shape index (κ1) is 14.8. The number of halogens is 1. The maximum Gasteiger partial charge on any atom is 0.104 e. The summed E-state index contributed by atoms with van der Waals surface area (Å²) in [5, 5.41) is 3.50. The molecule has 2 nitrogen and oxygen atoms in total. The third kappa shape index (κ3) is 4.46. The summed E-state index contributed by atoms with van der Waals surface area (Å²) in [6.45, 7) is 1.04. The van der Waals surface area contributed by atoms with Crippen LogP contribution in [-0.2, 0) is 0 Å². The lowest BCUT2D eigenvalue weighted by atomic mass is 9.87. The second-order valence-electron chi connectivity index (χ2n) is 5.28. The Balaban J connectivity index is 1.83. The van der Waals surface area contributed by atoms with Gasteiger partial charge >= 0.3 is 0 Å². The molecule has 0 heterocycles. The van der Waals surface area contributed by atoms with Gasteiger partial charge < -0.3 is 11.1 Å². The number of hydrogen-bond donors (Lipinski definition) is 2. The Morgan fingerprint density at radius 2 is 2.05 bits per heavy atom. The van der Waals surface area contributed by atoms with E-state index >= 15 is 0 Å². The van der Waals surface area contributed by atoms with E-state index in [2.05, 4.69) is 21.2 Å². The highest BCUT2D eigenvalue weighted by Gasteiger charge is 2.12. The second kappa shape index (κ2) is 7.25. The van der Waals surface area contributed by atoms with Crippen molar-refractivity contribution in [2.45, 2.75) is 38.5 Å². The molecule has 0 amide bonds. The molecule has 2 rings (SSSR count). The predicted octanol–water partition coefficient (Wildman–Crippen LogP) is 4.47. The number of thiocarbonyl (C=S) groups is 1. The summed E-state index contributed by atoms with van der Waals surface area (Å²) in [5.41, 5.74) is 7.64. The van der Waals surface area contributed by atoms with Crippen molar-refractivity contribution in [2.24, 2.45) is 11.7 Å². The van der Waals surface area contributed by atoms with Gasteiger partial charge in [0, 0.05) is 22.3 Å². The van der Waals surface area contributed by atoms with Crippen LogP contribution in [0.25, 0.3) is 0 Å². The van der Waals surface area contributed by atoms with Gasteiger partial charge in [0.2, 0.25) is 0 Å². The van der Waals surface area contributed by atoms with E-state index in [0.29, 0.717) is 4.99 Å². The number of benzene rings is 1. The Morgan fingerprint density at radius 3 is 2.68 bits per heavy atom. The van der Waals surface area contributed by atoms with Gasteiger partial charge in [-0.25, -0.2) is 0 Å². The monoisotopic (exact) mass is 340 g/mol. The van der Waals surface area contributed by atoms with Gasteiger partial charge in [-0.3, -0.25) is 0 Å². The van der Waals surface area contributed by atoms with Crippen LogP contribution in [0.4, 0.5) is 5.69 Å². The average molecular weight is 341 g/mol. The highest BCUT2D eigenvalue weighted by Crippen LogP contribution is 2.27. The van der Waals surface area contributed by atoms with Gasteiger partial charge in [-0.1, -0.05) is 44.3 Å². The van der Waals surface area contributed by atoms with Gasteiger partial charge in [0.15, 0.2) is 0 Å². The van der Waals surface area contributed by atoms with Crippen LogP contribution in [0.5, 0.6) is 0 Å². The fourth-order valence-corrected chi connectivity index (χ4v) is 3.34. The minimum Gasteiger partial charge on any atom is -0.389 e. The van der Waals surface area contributed by atoms with E-state index in [1.165, 1.54) is 38.5 Å². The zero-order chi connectivity index (χ0) is 13.7. The largest absolute Gasteiger partial charge is 0.389 e. The van der Waals surface area contributed by atoms with Crippen molar-refractivity contribution in [3.8, 4) is 0 Å². The van der Waals surface area contributed by atoms with Crippen molar-refractivity contribution in [3.05, 3.63) is 28.2 Å². The van der Waals surface area contributed by atoms with Crippen molar-refractivity contribution in [1.29, 1.82) is 0 Å². The molecule has 0 radical (unpaired) electrons. The fraction of sp³-hybridized carbons (Fsp3) is 0.533. The molecular formula is C15H21BrN2S. The highest BCUT2D eigenvalue weighted by atomic mass is 79.9. The van der Waals surface area contributed by atoms with Gasteiger partial charge in [-0.2, -0.15) is 0 Å². The third-order valence-electron chi connectivity index (χ3n) is 3.85. The first-order valence-electron chi connectivity index (χ1n) is 7.00. The third-order valence-corrected chi connectivity index (χ3v) is 4.74. The average Bonchev–Trinajstić information content (AvgIpc) is 2.41. The predicted molar refractivity (Wildman–Crippen MR) is 89.7 cm³/mol. The van der Waals surface area contributed by atoms with Crippen molar-refractivity contribution in [1.82, 2.24) is 0 Å². The number of nitrogens with one attached hydrogen (secondary N) is 1. The molecule has 1 aliphatic carbocycles. The van der Waals surface area contributed by atoms with Gasteiger partial charge in [0.25, 0.3) is 0 Å². The summed E-state index contributed by atoms with van der Waals surface area (Å²) in [7, 11) is 0. The first-order valence-corrected chi connectivity index (χ1v) is 8.20. The molecule has 0 aromatic heterocycles. The Hall–Kier alpha value is -0.610. The van der Waals surface area contributed by atoms with Crippen molar-refractivity contribution in [3.63, 3.8) is 0 Å². The van der Waals surface area contributed by atoms with Gasteiger partial charge in [0.1, 0.15) is 4.99 Å². The molecule has 104 valence electrons. The summed E-state index contributed by atoms with van der Waals surface area (Å²) >= 11 is 8.54. The smallest absolute Gasteiger partial charge is 0.104 e. The molecule has 1 aromatic rings. The number of hydrogen-bond acceptors (Lipinski definition) is 2. The van der Waals surface area contributed by atoms with Crippen LogP contribution in [0.1, 0.15) is 44.1 Å². The fourth-order valence-electron chi connectivity index (χ4n) is 2.70. The van der Waals surface area contributed by atoms with Crippen LogP contribution in [0.3, 0.4) is 0 Å². The van der Waals surface area contributed by atoms with Crippen molar-refractivity contribution in [2.75, 3.05) is 11.9 Å². The molecule has 19 heavy (non-hydrogen) atoms. The normalized spacial score (nSPS) is 16.3. The van der Waals surface area contributed by atoms with E-state index in [0.717, 1.165) is 28.2 Å². The molecule has 3 N–H and O–H groups in total. The molecule has 0 bridgehead atoms. The van der Waals surface area contributed by atoms with Crippen molar-refractivity contribution < 1.29 is 0 Å².